The van der Waals surface area contributed by atoms with Crippen molar-refractivity contribution in [3.05, 3.63) is 37.1 Å². The zero-order chi connectivity index (χ0) is 16.4. The molecule has 2 rings (SSSR count). The second kappa shape index (κ2) is 6.41. The molecule has 3 heteroatoms. The smallest absolute Gasteiger partial charge is 0.132 e. The van der Waals surface area contributed by atoms with Gasteiger partial charge in [0, 0.05) is 31.3 Å². The summed E-state index contributed by atoms with van der Waals surface area (Å²) >= 11 is 0. The second-order valence-electron chi connectivity index (χ2n) is 7.69. The first kappa shape index (κ1) is 17.0. The topological polar surface area (TPSA) is 24.8 Å². The van der Waals surface area contributed by atoms with Crippen LogP contribution in [0.25, 0.3) is 0 Å². The highest BCUT2D eigenvalue weighted by Gasteiger charge is 2.47. The van der Waals surface area contributed by atoms with Crippen molar-refractivity contribution in [3.8, 4) is 0 Å². The molecule has 2 saturated heterocycles. The Kier molecular flexibility index (Phi) is 4.96. The quantitative estimate of drug-likeness (QED) is 0.444. The lowest BCUT2D eigenvalue weighted by Gasteiger charge is -2.55. The van der Waals surface area contributed by atoms with Gasteiger partial charge >= 0.3 is 0 Å². The average molecular weight is 302 g/mol. The van der Waals surface area contributed by atoms with Gasteiger partial charge in [0.25, 0.3) is 0 Å². The van der Waals surface area contributed by atoms with Gasteiger partial charge in [0.2, 0.25) is 0 Å². The first-order chi connectivity index (χ1) is 10.3. The molecule has 2 fully saturated rings. The molecule has 0 aliphatic carbocycles. The molecule has 0 amide bonds. The Morgan fingerprint density at radius 2 is 2.00 bits per heavy atom. The van der Waals surface area contributed by atoms with Gasteiger partial charge in [-0.05, 0) is 30.8 Å². The minimum absolute atomic E-state index is 0.0295. The highest BCUT2D eigenvalue weighted by atomic mass is 16.5. The molecule has 0 radical (unpaired) electrons. The molecule has 22 heavy (non-hydrogen) atoms. The first-order valence-corrected chi connectivity index (χ1v) is 8.20. The van der Waals surface area contributed by atoms with Gasteiger partial charge in [0.15, 0.2) is 0 Å². The van der Waals surface area contributed by atoms with E-state index in [2.05, 4.69) is 56.8 Å². The Morgan fingerprint density at radius 1 is 1.32 bits per heavy atom. The number of likely N-dealkylation sites (tertiary alicyclic amines) is 1. The van der Waals surface area contributed by atoms with Gasteiger partial charge in [0.1, 0.15) is 5.84 Å². The van der Waals surface area contributed by atoms with Crippen LogP contribution in [-0.2, 0) is 4.74 Å². The Morgan fingerprint density at radius 3 is 2.50 bits per heavy atom. The standard InChI is InChI=1S/C19H30N2O/c1-7-9-16(18(4,5)6)17(20-8-2)21-13-19(14-21)10-11-22-15(3)12-19/h7-9,15H,1-2,10-14H2,3-6H3/b16-9+,20-17+. The lowest BCUT2D eigenvalue weighted by Crippen LogP contribution is -2.61. The van der Waals surface area contributed by atoms with E-state index in [4.69, 9.17) is 4.74 Å². The van der Waals surface area contributed by atoms with E-state index in [1.165, 1.54) is 5.57 Å². The van der Waals surface area contributed by atoms with Gasteiger partial charge in [-0.1, -0.05) is 46.1 Å². The fourth-order valence-electron chi connectivity index (χ4n) is 3.63. The zero-order valence-electron chi connectivity index (χ0n) is 14.6. The molecule has 1 unspecified atom stereocenters. The van der Waals surface area contributed by atoms with Gasteiger partial charge in [-0.3, -0.25) is 0 Å². The van der Waals surface area contributed by atoms with Gasteiger partial charge in [-0.25, -0.2) is 4.99 Å². The monoisotopic (exact) mass is 302 g/mol. The molecular weight excluding hydrogens is 272 g/mol. The molecule has 0 aromatic heterocycles. The maximum atomic E-state index is 5.70. The third kappa shape index (κ3) is 3.52. The van der Waals surface area contributed by atoms with E-state index in [1.54, 1.807) is 6.20 Å². The van der Waals surface area contributed by atoms with Crippen LogP contribution in [0.1, 0.15) is 40.5 Å². The molecular formula is C19H30N2O. The Bertz CT molecular complexity index is 490. The van der Waals surface area contributed by atoms with Crippen molar-refractivity contribution in [2.45, 2.75) is 46.6 Å². The SMILES string of the molecule is C=C/C=C(\C(=N/C=C)N1CC2(CCOC(C)C2)C1)C(C)(C)C. The number of hydrogen-bond donors (Lipinski definition) is 0. The summed E-state index contributed by atoms with van der Waals surface area (Å²) in [4.78, 5) is 6.98. The van der Waals surface area contributed by atoms with Crippen molar-refractivity contribution < 1.29 is 4.74 Å². The molecule has 2 heterocycles. The number of amidine groups is 1. The van der Waals surface area contributed by atoms with Crippen LogP contribution in [0.3, 0.4) is 0 Å². The molecule has 0 N–H and O–H groups in total. The zero-order valence-corrected chi connectivity index (χ0v) is 14.6. The number of ether oxygens (including phenoxy) is 1. The first-order valence-electron chi connectivity index (χ1n) is 8.20. The van der Waals surface area contributed by atoms with E-state index in [0.29, 0.717) is 11.5 Å². The van der Waals surface area contributed by atoms with Crippen molar-refractivity contribution in [1.29, 1.82) is 0 Å². The van der Waals surface area contributed by atoms with Crippen LogP contribution in [0.4, 0.5) is 0 Å². The fraction of sp³-hybridized carbons (Fsp3) is 0.632. The maximum absolute atomic E-state index is 5.70. The molecule has 0 bridgehead atoms. The summed E-state index contributed by atoms with van der Waals surface area (Å²) in [7, 11) is 0. The van der Waals surface area contributed by atoms with Crippen LogP contribution in [0.2, 0.25) is 0 Å². The van der Waals surface area contributed by atoms with Crippen molar-refractivity contribution in [1.82, 2.24) is 4.90 Å². The molecule has 122 valence electrons. The molecule has 1 atom stereocenters. The summed E-state index contributed by atoms with van der Waals surface area (Å²) in [5.74, 6) is 1.05. The van der Waals surface area contributed by atoms with Crippen LogP contribution >= 0.6 is 0 Å². The van der Waals surface area contributed by atoms with Crippen molar-refractivity contribution >= 4 is 5.84 Å². The third-order valence-corrected chi connectivity index (χ3v) is 4.65. The molecule has 2 aliphatic heterocycles. The van der Waals surface area contributed by atoms with E-state index >= 15 is 0 Å². The Labute approximate surface area is 135 Å². The summed E-state index contributed by atoms with van der Waals surface area (Å²) in [6.45, 7) is 19.5. The predicted octanol–water partition coefficient (Wildman–Crippen LogP) is 4.19. The van der Waals surface area contributed by atoms with Gasteiger partial charge in [0.05, 0.1) is 6.10 Å². The van der Waals surface area contributed by atoms with Gasteiger partial charge in [-0.2, -0.15) is 0 Å². The minimum Gasteiger partial charge on any atom is -0.378 e. The number of aliphatic imine (C=N–C) groups is 1. The fourth-order valence-corrected chi connectivity index (χ4v) is 3.63. The Hall–Kier alpha value is -1.35. The average Bonchev–Trinajstić information content (AvgIpc) is 2.39. The summed E-state index contributed by atoms with van der Waals surface area (Å²) in [6.07, 6.45) is 8.27. The van der Waals surface area contributed by atoms with E-state index < -0.39 is 0 Å². The summed E-state index contributed by atoms with van der Waals surface area (Å²) in [5.41, 5.74) is 1.66. The minimum atomic E-state index is 0.0295. The molecule has 0 aromatic rings. The van der Waals surface area contributed by atoms with E-state index in [-0.39, 0.29) is 5.41 Å². The lowest BCUT2D eigenvalue weighted by atomic mass is 9.71. The Balaban J connectivity index is 2.18. The van der Waals surface area contributed by atoms with E-state index in [0.717, 1.165) is 38.4 Å². The number of allylic oxidation sites excluding steroid dienone is 2. The largest absolute Gasteiger partial charge is 0.378 e. The normalized spacial score (nSPS) is 25.8. The number of nitrogens with zero attached hydrogens (tertiary/aromatic N) is 2. The number of rotatable bonds is 3. The van der Waals surface area contributed by atoms with Crippen LogP contribution in [0.5, 0.6) is 0 Å². The molecule has 3 nitrogen and oxygen atoms in total. The summed E-state index contributed by atoms with van der Waals surface area (Å²) in [5, 5.41) is 0. The van der Waals surface area contributed by atoms with E-state index in [9.17, 15) is 0 Å². The highest BCUT2D eigenvalue weighted by molar-refractivity contribution is 6.00. The van der Waals surface area contributed by atoms with Gasteiger partial charge < -0.3 is 9.64 Å². The third-order valence-electron chi connectivity index (χ3n) is 4.65. The van der Waals surface area contributed by atoms with E-state index in [1.807, 2.05) is 6.08 Å². The van der Waals surface area contributed by atoms with Gasteiger partial charge in [-0.15, -0.1) is 0 Å². The van der Waals surface area contributed by atoms with Crippen molar-refractivity contribution in [2.24, 2.45) is 15.8 Å². The molecule has 0 aromatic carbocycles. The maximum Gasteiger partial charge on any atom is 0.132 e. The number of hydrogen-bond acceptors (Lipinski definition) is 2. The van der Waals surface area contributed by atoms with Crippen LogP contribution in [-0.4, -0.2) is 36.5 Å². The van der Waals surface area contributed by atoms with Crippen LogP contribution in [0.15, 0.2) is 42.1 Å². The summed E-state index contributed by atoms with van der Waals surface area (Å²) in [6, 6.07) is 0. The molecule has 2 aliphatic rings. The highest BCUT2D eigenvalue weighted by Crippen LogP contribution is 2.43. The predicted molar refractivity (Wildman–Crippen MR) is 94.0 cm³/mol. The van der Waals surface area contributed by atoms with Crippen molar-refractivity contribution in [3.63, 3.8) is 0 Å². The van der Waals surface area contributed by atoms with Crippen LogP contribution in [0, 0.1) is 10.8 Å². The second-order valence-corrected chi connectivity index (χ2v) is 7.69. The lowest BCUT2D eigenvalue weighted by molar-refractivity contribution is -0.0891. The van der Waals surface area contributed by atoms with Crippen molar-refractivity contribution in [2.75, 3.05) is 19.7 Å². The van der Waals surface area contributed by atoms with Crippen LogP contribution < -0.4 is 0 Å². The molecule has 1 spiro atoms. The molecule has 0 saturated carbocycles. The summed E-state index contributed by atoms with van der Waals surface area (Å²) < 4.78 is 5.70.